The third-order valence-electron chi connectivity index (χ3n) is 16.9. The van der Waals surface area contributed by atoms with Crippen molar-refractivity contribution in [3.05, 3.63) is 325 Å². The van der Waals surface area contributed by atoms with E-state index in [1.165, 1.54) is 170 Å². The van der Waals surface area contributed by atoms with E-state index in [0.29, 0.717) is 16.9 Å². The van der Waals surface area contributed by atoms with Gasteiger partial charge in [0.1, 0.15) is 88.3 Å². The Morgan fingerprint density at radius 2 is 0.705 bits per heavy atom. The fourth-order valence-electron chi connectivity index (χ4n) is 10.2. The Morgan fingerprint density at radius 3 is 1.01 bits per heavy atom. The van der Waals surface area contributed by atoms with Crippen molar-refractivity contribution in [1.29, 1.82) is 0 Å². The molecule has 12 aromatic heterocycles. The predicted molar refractivity (Wildman–Crippen MR) is 524 cm³/mol. The molecule has 12 N–H and O–H groups in total. The number of nitrogens with two attached hydrogens (primary N) is 2. The first-order valence-electron chi connectivity index (χ1n) is 41.0. The van der Waals surface area contributed by atoms with Crippen molar-refractivity contribution in [1.82, 2.24) is 88.0 Å². The summed E-state index contributed by atoms with van der Waals surface area (Å²) in [5.41, 5.74) is 4.63. The smallest absolute Gasteiger partial charge is 0.870 e. The van der Waals surface area contributed by atoms with Crippen LogP contribution >= 0.6 is 74.7 Å². The summed E-state index contributed by atoms with van der Waals surface area (Å²) in [7, 11) is 1.00. The molecule has 0 aliphatic rings. The van der Waals surface area contributed by atoms with Gasteiger partial charge in [0.2, 0.25) is 5.91 Å². The molecule has 0 saturated carbocycles. The number of carbonyl (C=O) groups excluding carboxylic acids is 4. The third-order valence-corrected chi connectivity index (χ3v) is 18.3. The van der Waals surface area contributed by atoms with Crippen molar-refractivity contribution in [3.63, 3.8) is 0 Å². The quantitative estimate of drug-likeness (QED) is 0.00604. The van der Waals surface area contributed by atoms with Gasteiger partial charge in [0.25, 0.3) is 27.8 Å². The predicted octanol–water partition coefficient (Wildman–Crippen LogP) is 8.11. The molecule has 0 aliphatic carbocycles. The number of esters is 3. The minimum absolute atomic E-state index is 0. The molecule has 12 heterocycles. The van der Waals surface area contributed by atoms with Gasteiger partial charge in [0.05, 0.1) is 89.1 Å². The number of pyridine rings is 7. The first-order chi connectivity index (χ1) is 67.0. The van der Waals surface area contributed by atoms with E-state index < -0.39 is 174 Å². The molecule has 146 heavy (non-hydrogen) atoms. The molecule has 0 bridgehead atoms. The Bertz CT molecular complexity index is 6290. The molecule has 0 aromatic carbocycles. The summed E-state index contributed by atoms with van der Waals surface area (Å²) < 4.78 is 183. The minimum Gasteiger partial charge on any atom is -0.870 e. The van der Waals surface area contributed by atoms with E-state index in [2.05, 4.69) is 102 Å². The number of ether oxygens (including phenoxy) is 3. The molecule has 12 rings (SSSR count). The van der Waals surface area contributed by atoms with Crippen LogP contribution < -0.4 is 117 Å². The van der Waals surface area contributed by atoms with Crippen LogP contribution in [0, 0.1) is 11.6 Å². The van der Waals surface area contributed by atoms with Gasteiger partial charge in [0.15, 0.2) is 27.9 Å². The Hall–Kier alpha value is -12.2. The van der Waals surface area contributed by atoms with Crippen molar-refractivity contribution in [2.24, 2.45) is 11.5 Å². The average molecular weight is 2330 g/mol. The second-order valence-corrected chi connectivity index (χ2v) is 28.6. The van der Waals surface area contributed by atoms with Gasteiger partial charge in [-0.15, -0.1) is 24.0 Å². The molecule has 0 atom stereocenters. The third kappa shape index (κ3) is 45.8. The molecule has 59 heteroatoms. The van der Waals surface area contributed by atoms with Gasteiger partial charge in [-0.1, -0.05) is 86.4 Å². The molecule has 785 valence electrons. The second-order valence-electron chi connectivity index (χ2n) is 26.7. The maximum Gasteiger partial charge on any atom is 1.00 e. The fourth-order valence-corrected chi connectivity index (χ4v) is 11.2. The largest absolute Gasteiger partial charge is 1.00 e. The SMILES string of the molecule is C.CC.CCOC(=O)Cn1c(Cl)cnc(NCC(F)(F)c2ccccn2)c1=O.CCOC(=O)Cn1ccnc(Br)c1=O.CCOC(=O)Cn1ccnc(NCC(F)(F)c2ccccn2)c1=O.CO.I.NCC(F)(F)c1ccccn1.NCc1ncccc1F.O=C(Cn1c(Cl)cnc(NCC(F)(F)c2ccccn2)c1=O)NCc1ncccc1F.O=C(O)Cn1c(Cl)cnc(NCC(F)(F)c2ccccn2)c1=O.[B].[K+].[OH-]. The summed E-state index contributed by atoms with van der Waals surface area (Å²) in [4.78, 5) is 161. The van der Waals surface area contributed by atoms with Crippen LogP contribution in [0.1, 0.15) is 81.9 Å². The van der Waals surface area contributed by atoms with Crippen LogP contribution in [-0.4, -0.2) is 196 Å². The zero-order valence-corrected chi connectivity index (χ0v) is 86.9. The van der Waals surface area contributed by atoms with Crippen molar-refractivity contribution >= 4 is 136 Å². The number of aromatic nitrogens is 17. The number of aliphatic hydroxyl groups is 1. The topological polar surface area (TPSA) is 560 Å². The number of amides is 1. The van der Waals surface area contributed by atoms with Crippen molar-refractivity contribution in [2.75, 3.05) is 80.9 Å². The number of carboxylic acids is 1. The monoisotopic (exact) mass is 2320 g/mol. The molecule has 12 aromatic rings. The Balaban J connectivity index is 0. The van der Waals surface area contributed by atoms with E-state index in [0.717, 1.165) is 51.5 Å². The van der Waals surface area contributed by atoms with E-state index in [1.54, 1.807) is 26.8 Å². The number of nitrogens with zero attached hydrogens (tertiary/aromatic N) is 17. The summed E-state index contributed by atoms with van der Waals surface area (Å²) in [6.07, 6.45) is 17.7. The summed E-state index contributed by atoms with van der Waals surface area (Å²) >= 11 is 20.4. The summed E-state index contributed by atoms with van der Waals surface area (Å²) in [5, 5.41) is 26.7. The van der Waals surface area contributed by atoms with Crippen molar-refractivity contribution in [3.8, 4) is 0 Å². The molecule has 0 fully saturated rings. The number of hydrogen-bond acceptors (Lipinski definition) is 33. The molecule has 0 spiro atoms. The first kappa shape index (κ1) is 136. The molecule has 40 nitrogen and oxygen atoms in total. The molecular formula is C87H98BBrCl3F12IKN24O16. The summed E-state index contributed by atoms with van der Waals surface area (Å²) in [5.74, 6) is -22.4. The van der Waals surface area contributed by atoms with E-state index in [4.69, 9.17) is 70.7 Å². The number of alkyl halides is 10. The molecule has 3 radical (unpaired) electrons. The first-order valence-corrected chi connectivity index (χ1v) is 42.9. The van der Waals surface area contributed by atoms with Crippen LogP contribution in [0.3, 0.4) is 0 Å². The van der Waals surface area contributed by atoms with E-state index in [1.807, 2.05) is 13.8 Å². The van der Waals surface area contributed by atoms with Crippen molar-refractivity contribution in [2.45, 2.75) is 117 Å². The number of aliphatic carboxylic acids is 1. The van der Waals surface area contributed by atoms with Gasteiger partial charge in [-0.2, -0.15) is 43.9 Å². The molecule has 0 unspecified atom stereocenters. The number of aliphatic hydroxyl groups excluding tert-OH is 1. The number of carbonyl (C=O) groups is 5. The minimum atomic E-state index is -3.37. The van der Waals surface area contributed by atoms with Crippen LogP contribution in [-0.2, 0) is 114 Å². The van der Waals surface area contributed by atoms with E-state index in [-0.39, 0.29) is 191 Å². The number of anilines is 4. The van der Waals surface area contributed by atoms with Crippen LogP contribution in [0.2, 0.25) is 15.5 Å². The normalized spacial score (nSPS) is 10.4. The molecule has 0 saturated heterocycles. The van der Waals surface area contributed by atoms with Gasteiger partial charge in [-0.05, 0) is 122 Å². The van der Waals surface area contributed by atoms with Gasteiger partial charge < -0.3 is 72.5 Å². The maximum atomic E-state index is 14.3. The van der Waals surface area contributed by atoms with E-state index >= 15 is 0 Å². The Kier molecular flexibility index (Phi) is 64.9. The number of carboxylic acid groups (broad SMARTS) is 1. The molecular weight excluding hydrogens is 2230 g/mol. The fraction of sp³-hybridized carbons (Fsp3) is 0.310. The van der Waals surface area contributed by atoms with Gasteiger partial charge in [-0.3, -0.25) is 101 Å². The zero-order valence-electron chi connectivity index (χ0n) is 77.6. The van der Waals surface area contributed by atoms with Crippen LogP contribution in [0.25, 0.3) is 0 Å². The van der Waals surface area contributed by atoms with Gasteiger partial charge in [0, 0.05) is 90.2 Å². The van der Waals surface area contributed by atoms with Crippen LogP contribution in [0.5, 0.6) is 0 Å². The van der Waals surface area contributed by atoms with Gasteiger partial charge >= 0.3 is 105 Å². The van der Waals surface area contributed by atoms with Crippen molar-refractivity contribution < 1.29 is 158 Å². The standard InChI is InChI=1S/C19H16ClF3N6O2.C15H15ClF2N4O3.C15H16F2N4O3.C13H11ClF2N4O3.C8H9BrN2O3.C7H8F2N2.C6H7FN2.C2H6.CH4O.CH4.B.HI.K.H2O/c20-15-9-27-17(28-11-19(22,23)14-5-1-2-6-25-14)18(31)29(15)10-16(30)26-8-13-12(21)4-3-7-24-13;1-2-25-12(23)8-22-11(16)7-20-13(14(22)24)21-9-15(17,18)10-5-3-4-6-19-10;1-2-24-12(22)9-21-8-7-19-13(14(21)23)20-10-15(16,17)11-5-3-4-6-18-11;14-9-5-18-11(12(23)20(9)6-10(21)22)19-7-13(15,16)8-3-1-2-4-17-8;1-2-14-6(12)5-11-4-3-10-7(9)8(11)13;8-7(9,5-10)6-3-1-2-4-11-6;7-5-2-1-3-9-6(5)4-8;2*1-2;;;;;/h1-7,9H,8,10-11H2,(H,26,30)(H,27,28);3-7H,2,8-9H2,1H3,(H,20,21);3-8H,2,9-10H2,1H3,(H,19,20);1-5H,6-7H2,(H,18,19)(H,21,22);3-4H,2,5H2,1H3;1-4H,5,10H2;1-3H,4,8H2;1-2H3;2H,1H3;1H4;;1H;;1H2/q;;;;;;;;;;;;+1;/p-1. The summed E-state index contributed by atoms with van der Waals surface area (Å²) in [6.45, 7) is 3.13. The van der Waals surface area contributed by atoms with E-state index in [9.17, 15) is 101 Å². The number of rotatable bonds is 34. The van der Waals surface area contributed by atoms with Crippen LogP contribution in [0.4, 0.5) is 76.0 Å². The Labute approximate surface area is 909 Å². The molecule has 0 aliphatic heterocycles. The second kappa shape index (κ2) is 69.8. The summed E-state index contributed by atoms with van der Waals surface area (Å²) in [6, 6.07) is 26.2. The number of hydrogen-bond donors (Lipinski definition) is 9. The Morgan fingerprint density at radius 1 is 0.411 bits per heavy atom. The maximum absolute atomic E-state index is 14.3. The van der Waals surface area contributed by atoms with Gasteiger partial charge in [-0.25, -0.2) is 33.7 Å². The van der Waals surface area contributed by atoms with Crippen LogP contribution in [0.15, 0.2) is 231 Å². The zero-order chi connectivity index (χ0) is 105. The molecule has 1 amide bonds. The number of nitrogens with one attached hydrogen (secondary N) is 5. The number of halogens is 17. The average Bonchev–Trinajstić information content (AvgIpc) is 0.816.